The molecule has 1 aliphatic heterocycles. The van der Waals surface area contributed by atoms with Crippen molar-refractivity contribution in [2.45, 2.75) is 52.6 Å². The van der Waals surface area contributed by atoms with E-state index in [0.717, 1.165) is 5.57 Å². The van der Waals surface area contributed by atoms with Crippen molar-refractivity contribution in [2.24, 2.45) is 22.7 Å². The number of allylic oxidation sites excluding steroid dienone is 2. The van der Waals surface area contributed by atoms with Gasteiger partial charge in [0.1, 0.15) is 6.61 Å². The molecule has 1 heterocycles. The van der Waals surface area contributed by atoms with E-state index in [1.54, 1.807) is 12.2 Å². The van der Waals surface area contributed by atoms with Crippen molar-refractivity contribution in [3.05, 3.63) is 36.0 Å². The van der Waals surface area contributed by atoms with Crippen LogP contribution in [-0.2, 0) is 28.2 Å². The van der Waals surface area contributed by atoms with Gasteiger partial charge in [-0.3, -0.25) is 4.79 Å². The minimum atomic E-state index is -5.22. The molecule has 0 aromatic rings. The molecule has 5 atom stereocenters. The number of phosphoric ester groups is 1. The maximum absolute atomic E-state index is 11.8. The molecule has 0 spiro atoms. The van der Waals surface area contributed by atoms with Crippen LogP contribution in [0.1, 0.15) is 46.5 Å². The molecule has 3 rings (SSSR count). The molecule has 33 heavy (non-hydrogen) atoms. The van der Waals surface area contributed by atoms with Crippen LogP contribution in [0.4, 0.5) is 0 Å². The Morgan fingerprint density at radius 1 is 1.33 bits per heavy atom. The van der Waals surface area contributed by atoms with Crippen molar-refractivity contribution in [3.63, 3.8) is 0 Å². The number of ether oxygens (including phenoxy) is 2. The summed E-state index contributed by atoms with van der Waals surface area (Å²) in [6, 6.07) is 0. The molecule has 2 unspecified atom stereocenters. The monoisotopic (exact) mass is 498 g/mol. The molecule has 0 aromatic carbocycles. The average Bonchev–Trinajstić information content (AvgIpc) is 3.06. The van der Waals surface area contributed by atoms with Gasteiger partial charge >= 0.3 is 71.1 Å². The molecule has 0 aromatic heterocycles. The molecule has 0 radical (unpaired) electrons. The first kappa shape index (κ1) is 31.3. The second kappa shape index (κ2) is 12.0. The Labute approximate surface area is 239 Å². The molecular formula is C22H29Na2O8P. The quantitative estimate of drug-likeness (QED) is 0.158. The molecule has 2 aliphatic carbocycles. The molecule has 0 saturated heterocycles. The van der Waals surface area contributed by atoms with E-state index in [9.17, 15) is 23.9 Å². The first-order valence-electron chi connectivity index (χ1n) is 10.4. The summed E-state index contributed by atoms with van der Waals surface area (Å²) in [5.41, 5.74) is 0.298. The van der Waals surface area contributed by atoms with Crippen LogP contribution in [0.15, 0.2) is 36.0 Å². The van der Waals surface area contributed by atoms with E-state index in [-0.39, 0.29) is 95.5 Å². The zero-order valence-corrected chi connectivity index (χ0v) is 25.0. The number of phosphoric acid groups is 1. The van der Waals surface area contributed by atoms with Crippen LogP contribution < -0.4 is 68.9 Å². The SMILES string of the molecule is C=C1CCC2[C@](C)(CC[C@@H](OP(=O)([O-])[O-])[C@@]2(C)COC(C)=O)C1/C=C/C1=CCOC1=O.[Na+].[Na+]. The van der Waals surface area contributed by atoms with Gasteiger partial charge in [0.15, 0.2) is 0 Å². The van der Waals surface area contributed by atoms with Crippen molar-refractivity contribution in [3.8, 4) is 0 Å². The number of esters is 2. The fourth-order valence-electron chi connectivity index (χ4n) is 5.75. The normalized spacial score (nSPS) is 34.0. The number of hydrogen-bond donors (Lipinski definition) is 0. The summed E-state index contributed by atoms with van der Waals surface area (Å²) in [5, 5.41) is 0. The van der Waals surface area contributed by atoms with Crippen molar-refractivity contribution >= 4 is 19.8 Å². The van der Waals surface area contributed by atoms with E-state index in [2.05, 4.69) is 13.5 Å². The number of carbonyl (C=O) groups excluding carboxylic acids is 2. The summed E-state index contributed by atoms with van der Waals surface area (Å²) in [6.07, 6.45) is 6.86. The molecule has 2 saturated carbocycles. The summed E-state index contributed by atoms with van der Waals surface area (Å²) in [5.74, 6) is -1.03. The van der Waals surface area contributed by atoms with Gasteiger partial charge in [0.05, 0.1) is 26.1 Å². The van der Waals surface area contributed by atoms with Crippen LogP contribution in [0.5, 0.6) is 0 Å². The number of hydrogen-bond acceptors (Lipinski definition) is 8. The number of fused-ring (bicyclic) bond motifs is 1. The van der Waals surface area contributed by atoms with E-state index in [1.807, 2.05) is 13.0 Å². The van der Waals surface area contributed by atoms with Gasteiger partial charge < -0.3 is 28.3 Å². The zero-order valence-electron chi connectivity index (χ0n) is 20.1. The molecule has 172 valence electrons. The second-order valence-electron chi connectivity index (χ2n) is 9.22. The standard InChI is InChI=1S/C22H31O8P.2Na/c1-14-5-8-18-21(3,17(14)7-6-16-10-12-28-20(16)24)11-9-19(30-31(25,26)27)22(18,4)13-29-15(2)23;;/h6-7,10,17-19H,1,5,8-9,11-13H2,2-4H3,(H2,25,26,27);;/q;2*+1/p-2/b7-6+;;/t17?,18?,19-,21-,22+;;/m1../s1. The number of carbonyl (C=O) groups is 2. The first-order chi connectivity index (χ1) is 14.4. The van der Waals surface area contributed by atoms with Crippen molar-refractivity contribution < 1.29 is 97.1 Å². The second-order valence-corrected chi connectivity index (χ2v) is 10.3. The Morgan fingerprint density at radius 2 is 2.00 bits per heavy atom. The molecular weight excluding hydrogens is 469 g/mol. The Morgan fingerprint density at radius 3 is 2.55 bits per heavy atom. The Balaban J connectivity index is 0.00000272. The van der Waals surface area contributed by atoms with Gasteiger partial charge in [-0.1, -0.05) is 38.2 Å². The molecule has 0 amide bonds. The summed E-state index contributed by atoms with van der Waals surface area (Å²) in [7, 11) is -5.22. The summed E-state index contributed by atoms with van der Waals surface area (Å²) in [6.45, 7) is 9.68. The molecule has 0 bridgehead atoms. The van der Waals surface area contributed by atoms with Gasteiger partial charge in [-0.05, 0) is 43.1 Å². The summed E-state index contributed by atoms with van der Waals surface area (Å²) < 4.78 is 26.7. The van der Waals surface area contributed by atoms with Gasteiger partial charge in [-0.25, -0.2) is 4.79 Å². The molecule has 11 heteroatoms. The van der Waals surface area contributed by atoms with Crippen molar-refractivity contribution in [1.82, 2.24) is 0 Å². The van der Waals surface area contributed by atoms with Gasteiger partial charge in [-0.15, -0.1) is 0 Å². The fraction of sp³-hybridized carbons (Fsp3) is 0.636. The predicted molar refractivity (Wildman–Crippen MR) is 108 cm³/mol. The largest absolute Gasteiger partial charge is 1.00 e. The molecule has 8 nitrogen and oxygen atoms in total. The van der Waals surface area contributed by atoms with Crippen LogP contribution in [-0.4, -0.2) is 31.3 Å². The van der Waals surface area contributed by atoms with Crippen LogP contribution >= 0.6 is 7.82 Å². The van der Waals surface area contributed by atoms with E-state index in [0.29, 0.717) is 31.3 Å². The van der Waals surface area contributed by atoms with Crippen LogP contribution in [0, 0.1) is 22.7 Å². The van der Waals surface area contributed by atoms with E-state index in [4.69, 9.17) is 14.0 Å². The zero-order chi connectivity index (χ0) is 23.0. The summed E-state index contributed by atoms with van der Waals surface area (Å²) in [4.78, 5) is 46.2. The Bertz CT molecular complexity index is 882. The summed E-state index contributed by atoms with van der Waals surface area (Å²) >= 11 is 0. The maximum atomic E-state index is 11.8. The van der Waals surface area contributed by atoms with E-state index in [1.165, 1.54) is 6.92 Å². The van der Waals surface area contributed by atoms with Crippen LogP contribution in [0.3, 0.4) is 0 Å². The van der Waals surface area contributed by atoms with Crippen LogP contribution in [0.2, 0.25) is 0 Å². The van der Waals surface area contributed by atoms with Crippen LogP contribution in [0.25, 0.3) is 0 Å². The Hall–Kier alpha value is 0.270. The van der Waals surface area contributed by atoms with Gasteiger partial charge in [-0.2, -0.15) is 0 Å². The van der Waals surface area contributed by atoms with Gasteiger partial charge in [0.2, 0.25) is 0 Å². The average molecular weight is 498 g/mol. The van der Waals surface area contributed by atoms with E-state index >= 15 is 0 Å². The van der Waals surface area contributed by atoms with Gasteiger partial charge in [0, 0.05) is 18.3 Å². The van der Waals surface area contributed by atoms with Gasteiger partial charge in [0.25, 0.3) is 0 Å². The molecule has 2 fully saturated rings. The third-order valence-corrected chi connectivity index (χ3v) is 7.75. The third-order valence-electron chi connectivity index (χ3n) is 7.24. The minimum Gasteiger partial charge on any atom is -0.790 e. The smallest absolute Gasteiger partial charge is 0.790 e. The maximum Gasteiger partial charge on any atom is 1.00 e. The fourth-order valence-corrected chi connectivity index (χ4v) is 6.41. The topological polar surface area (TPSA) is 125 Å². The first-order valence-corrected chi connectivity index (χ1v) is 11.9. The molecule has 3 aliphatic rings. The third kappa shape index (κ3) is 6.94. The minimum absolute atomic E-state index is 0. The van der Waals surface area contributed by atoms with E-state index < -0.39 is 25.3 Å². The van der Waals surface area contributed by atoms with Crippen molar-refractivity contribution in [2.75, 3.05) is 13.2 Å². The molecule has 0 N–H and O–H groups in total. The number of rotatable bonds is 6. The Kier molecular flexibility index (Phi) is 11.4. The predicted octanol–water partition coefficient (Wildman–Crippen LogP) is -3.80. The van der Waals surface area contributed by atoms with Crippen molar-refractivity contribution in [1.29, 1.82) is 0 Å². The number of cyclic esters (lactones) is 1.